The number of rotatable bonds is 5. The van der Waals surface area contributed by atoms with Gasteiger partial charge in [0.05, 0.1) is 6.61 Å². The molecule has 2 nitrogen and oxygen atoms in total. The first kappa shape index (κ1) is 20.3. The van der Waals surface area contributed by atoms with Crippen molar-refractivity contribution in [2.75, 3.05) is 19.8 Å². The smallest absolute Gasteiger partial charge is 0.192 e. The lowest BCUT2D eigenvalue weighted by Gasteiger charge is -2.31. The number of ether oxygens (including phenoxy) is 2. The number of hydrogen-bond donors (Lipinski definition) is 0. The van der Waals surface area contributed by atoms with Crippen molar-refractivity contribution in [1.29, 1.82) is 0 Å². The normalized spacial score (nSPS) is 27.8. The summed E-state index contributed by atoms with van der Waals surface area (Å²) in [6.07, 6.45) is -2.74. The molecule has 0 saturated carbocycles. The van der Waals surface area contributed by atoms with Crippen LogP contribution in [0.2, 0.25) is 0 Å². The Kier molecular flexibility index (Phi) is 7.01. The van der Waals surface area contributed by atoms with Gasteiger partial charge in [0, 0.05) is 22.0 Å². The van der Waals surface area contributed by atoms with E-state index < -0.39 is 59.3 Å². The summed E-state index contributed by atoms with van der Waals surface area (Å²) in [4.78, 5) is 0. The minimum absolute atomic E-state index is 0.0740. The van der Waals surface area contributed by atoms with Gasteiger partial charge in [0.2, 0.25) is 0 Å². The fraction of sp³-hybridized carbons (Fsp3) is 0.500. The van der Waals surface area contributed by atoms with Crippen molar-refractivity contribution in [3.63, 3.8) is 0 Å². The van der Waals surface area contributed by atoms with Crippen LogP contribution in [0.25, 0.3) is 0 Å². The van der Waals surface area contributed by atoms with Gasteiger partial charge in [-0.15, -0.1) is 0 Å². The number of hydrogen-bond acceptors (Lipinski definition) is 2. The summed E-state index contributed by atoms with van der Waals surface area (Å²) < 4.78 is 93.4. The van der Waals surface area contributed by atoms with E-state index in [9.17, 15) is 26.3 Å². The molecule has 140 valence electrons. The van der Waals surface area contributed by atoms with Crippen LogP contribution in [0.3, 0.4) is 0 Å². The zero-order chi connectivity index (χ0) is 18.7. The molecule has 2 aliphatic carbocycles. The predicted octanol–water partition coefficient (Wildman–Crippen LogP) is 5.83. The molecule has 0 N–H and O–H groups in total. The summed E-state index contributed by atoms with van der Waals surface area (Å²) in [5.74, 6) is -11.4. The van der Waals surface area contributed by atoms with Crippen LogP contribution >= 0.6 is 22.6 Å². The van der Waals surface area contributed by atoms with Gasteiger partial charge in [0.1, 0.15) is 6.61 Å². The first-order valence-electron chi connectivity index (χ1n) is 7.52. The van der Waals surface area contributed by atoms with E-state index in [1.807, 2.05) is 0 Å². The number of halogens is 7. The van der Waals surface area contributed by atoms with Crippen LogP contribution in [-0.2, 0) is 9.47 Å². The van der Waals surface area contributed by atoms with Gasteiger partial charge in [-0.05, 0) is 42.0 Å². The Morgan fingerprint density at radius 2 is 1.76 bits per heavy atom. The van der Waals surface area contributed by atoms with Gasteiger partial charge in [0.25, 0.3) is 0 Å². The van der Waals surface area contributed by atoms with E-state index in [1.54, 1.807) is 6.92 Å². The summed E-state index contributed by atoms with van der Waals surface area (Å²) in [5, 5.41) is 0. The molecule has 25 heavy (non-hydrogen) atoms. The average molecular weight is 480 g/mol. The summed E-state index contributed by atoms with van der Waals surface area (Å²) in [5.41, 5.74) is 0. The third-order valence-electron chi connectivity index (χ3n) is 3.84. The molecule has 0 fully saturated rings. The van der Waals surface area contributed by atoms with E-state index in [-0.39, 0.29) is 16.8 Å². The highest BCUT2D eigenvalue weighted by Crippen LogP contribution is 2.48. The van der Waals surface area contributed by atoms with E-state index in [2.05, 4.69) is 0 Å². The van der Waals surface area contributed by atoms with Crippen molar-refractivity contribution < 1.29 is 35.8 Å². The molecule has 0 amide bonds. The molecule has 0 aromatic rings. The van der Waals surface area contributed by atoms with Gasteiger partial charge in [-0.2, -0.15) is 0 Å². The van der Waals surface area contributed by atoms with Crippen LogP contribution in [0, 0.1) is 11.8 Å². The average Bonchev–Trinajstić information content (AvgIpc) is 2.59. The fourth-order valence-electron chi connectivity index (χ4n) is 2.59. The molecule has 9 heteroatoms. The van der Waals surface area contributed by atoms with E-state index in [4.69, 9.17) is 9.47 Å². The van der Waals surface area contributed by atoms with Crippen molar-refractivity contribution in [2.45, 2.75) is 19.5 Å². The van der Waals surface area contributed by atoms with Crippen molar-refractivity contribution in [3.05, 3.63) is 44.5 Å². The maximum atomic E-state index is 14.6. The minimum atomic E-state index is -2.50. The molecule has 0 saturated heterocycles. The highest BCUT2D eigenvalue weighted by atomic mass is 127. The zero-order valence-electron chi connectivity index (χ0n) is 13.1. The quantitative estimate of drug-likeness (QED) is 0.280. The lowest BCUT2D eigenvalue weighted by Crippen LogP contribution is -2.26. The lowest BCUT2D eigenvalue weighted by atomic mass is 9.81. The Morgan fingerprint density at radius 1 is 1.08 bits per heavy atom. The molecule has 2 rings (SSSR count). The van der Waals surface area contributed by atoms with Crippen LogP contribution in [0.1, 0.15) is 13.3 Å². The third kappa shape index (κ3) is 4.24. The van der Waals surface area contributed by atoms with Crippen LogP contribution in [0.15, 0.2) is 44.5 Å². The summed E-state index contributed by atoms with van der Waals surface area (Å²) >= 11 is 1.51. The largest absolute Gasteiger partial charge is 0.485 e. The van der Waals surface area contributed by atoms with Crippen LogP contribution in [0.5, 0.6) is 0 Å². The molecule has 0 aromatic heterocycles. The van der Waals surface area contributed by atoms with Crippen LogP contribution < -0.4 is 0 Å². The maximum Gasteiger partial charge on any atom is 0.192 e. The monoisotopic (exact) mass is 480 g/mol. The molecular weight excluding hydrogens is 465 g/mol. The molecule has 0 heterocycles. The predicted molar refractivity (Wildman–Crippen MR) is 87.7 cm³/mol. The molecule has 0 spiro atoms. The van der Waals surface area contributed by atoms with Crippen molar-refractivity contribution in [3.8, 4) is 0 Å². The zero-order valence-corrected chi connectivity index (χ0v) is 15.3. The van der Waals surface area contributed by atoms with Gasteiger partial charge < -0.3 is 9.47 Å². The number of alkyl halides is 1. The molecule has 0 radical (unpaired) electrons. The van der Waals surface area contributed by atoms with Gasteiger partial charge in [-0.1, -0.05) is 0 Å². The number of fused-ring (bicyclic) bond motifs is 1. The molecule has 3 atom stereocenters. The van der Waals surface area contributed by atoms with Crippen LogP contribution in [-0.4, -0.2) is 26.0 Å². The van der Waals surface area contributed by atoms with Crippen LogP contribution in [0.4, 0.5) is 26.3 Å². The summed E-state index contributed by atoms with van der Waals surface area (Å²) in [7, 11) is 0. The fourth-order valence-corrected chi connectivity index (χ4v) is 3.48. The molecule has 0 aromatic carbocycles. The summed E-state index contributed by atoms with van der Waals surface area (Å²) in [6.45, 7) is 2.02. The second kappa shape index (κ2) is 8.61. The molecular formula is C16H15F6IO2. The maximum absolute atomic E-state index is 14.6. The third-order valence-corrected chi connectivity index (χ3v) is 5.11. The Hall–Kier alpha value is -0.970. The van der Waals surface area contributed by atoms with Crippen molar-refractivity contribution >= 4 is 22.6 Å². The van der Waals surface area contributed by atoms with E-state index in [0.29, 0.717) is 12.7 Å². The molecule has 2 aliphatic rings. The Bertz CT molecular complexity index is 655. The molecule has 3 unspecified atom stereocenters. The van der Waals surface area contributed by atoms with E-state index >= 15 is 0 Å². The van der Waals surface area contributed by atoms with Gasteiger partial charge >= 0.3 is 0 Å². The molecule has 0 aliphatic heterocycles. The first-order chi connectivity index (χ1) is 11.8. The Balaban J connectivity index is 2.40. The standard InChI is InChI=1S/C16H15F6IO2/c1-2-24-3-4-25-16-11(19)7-5-9(17)12(20)13(21)10(18)6-8(7)15(23)14(16)22/h5,7-8,10H,2-4,6H2,1H3. The van der Waals surface area contributed by atoms with Gasteiger partial charge in [-0.25, -0.2) is 26.3 Å². The van der Waals surface area contributed by atoms with E-state index in [0.717, 1.165) is 0 Å². The van der Waals surface area contributed by atoms with E-state index in [1.165, 1.54) is 22.6 Å². The Morgan fingerprint density at radius 3 is 2.40 bits per heavy atom. The lowest BCUT2D eigenvalue weighted by molar-refractivity contribution is 0.0773. The Labute approximate surface area is 154 Å². The SMILES string of the molecule is CCOCCOC1=C(F)C2C=C(F)C(F)=C(F)C(F)CC2C(I)=C1F. The second-order valence-electron chi connectivity index (χ2n) is 5.40. The number of allylic oxidation sites excluding steroid dienone is 7. The van der Waals surface area contributed by atoms with Gasteiger partial charge in [-0.3, -0.25) is 0 Å². The van der Waals surface area contributed by atoms with Crippen molar-refractivity contribution in [1.82, 2.24) is 0 Å². The molecule has 0 bridgehead atoms. The highest BCUT2D eigenvalue weighted by molar-refractivity contribution is 14.1. The van der Waals surface area contributed by atoms with Crippen molar-refractivity contribution in [2.24, 2.45) is 11.8 Å². The highest BCUT2D eigenvalue weighted by Gasteiger charge is 2.42. The first-order valence-corrected chi connectivity index (χ1v) is 8.60. The minimum Gasteiger partial charge on any atom is -0.485 e. The van der Waals surface area contributed by atoms with Gasteiger partial charge in [0.15, 0.2) is 41.1 Å². The second-order valence-corrected chi connectivity index (χ2v) is 6.56. The summed E-state index contributed by atoms with van der Waals surface area (Å²) in [6, 6.07) is 0. The topological polar surface area (TPSA) is 18.5 Å².